The van der Waals surface area contributed by atoms with Crippen LogP contribution in [0.2, 0.25) is 0 Å². The first-order valence-electron chi connectivity index (χ1n) is 11.3. The zero-order valence-corrected chi connectivity index (χ0v) is 19.2. The number of amides is 1. The number of nitrogens with one attached hydrogen (secondary N) is 1. The molecule has 3 aromatic carbocycles. The van der Waals surface area contributed by atoms with Crippen LogP contribution < -0.4 is 11.1 Å². The molecule has 8 heteroatoms. The van der Waals surface area contributed by atoms with Crippen molar-refractivity contribution in [2.24, 2.45) is 5.73 Å². The van der Waals surface area contributed by atoms with Gasteiger partial charge in [0.2, 0.25) is 5.91 Å². The summed E-state index contributed by atoms with van der Waals surface area (Å²) in [4.78, 5) is 17.4. The smallest absolute Gasteiger partial charge is 0.224 e. The van der Waals surface area contributed by atoms with E-state index in [0.29, 0.717) is 22.4 Å². The van der Waals surface area contributed by atoms with Crippen molar-refractivity contribution >= 4 is 5.91 Å². The summed E-state index contributed by atoms with van der Waals surface area (Å²) in [5, 5.41) is 12.7. The first-order chi connectivity index (χ1) is 17.3. The number of aromatic nitrogens is 1. The zero-order chi connectivity index (χ0) is 25.7. The predicted molar refractivity (Wildman–Crippen MR) is 130 cm³/mol. The summed E-state index contributed by atoms with van der Waals surface area (Å²) in [5.74, 6) is -2.44. The first kappa shape index (κ1) is 25.1. The van der Waals surface area contributed by atoms with Crippen LogP contribution in [0.15, 0.2) is 85.1 Å². The molecule has 0 saturated carbocycles. The van der Waals surface area contributed by atoms with Gasteiger partial charge < -0.3 is 16.2 Å². The van der Waals surface area contributed by atoms with Crippen molar-refractivity contribution in [2.75, 3.05) is 0 Å². The summed E-state index contributed by atoms with van der Waals surface area (Å²) in [6, 6.07) is 19.0. The van der Waals surface area contributed by atoms with Crippen molar-refractivity contribution in [1.82, 2.24) is 10.3 Å². The van der Waals surface area contributed by atoms with E-state index < -0.39 is 29.7 Å². The molecule has 4 aromatic rings. The number of aliphatic hydroxyl groups is 1. The molecule has 4 N–H and O–H groups in total. The molecular formula is C28H24F3N3O2. The quantitative estimate of drug-likeness (QED) is 0.310. The average molecular weight is 492 g/mol. The number of nitrogens with zero attached hydrogens (tertiary/aromatic N) is 1. The summed E-state index contributed by atoms with van der Waals surface area (Å²) in [7, 11) is 0. The van der Waals surface area contributed by atoms with Gasteiger partial charge in [-0.3, -0.25) is 9.78 Å². The Labute approximate surface area is 206 Å². The van der Waals surface area contributed by atoms with Gasteiger partial charge >= 0.3 is 0 Å². The van der Waals surface area contributed by atoms with E-state index in [9.17, 15) is 23.1 Å². The molecule has 0 saturated heterocycles. The van der Waals surface area contributed by atoms with E-state index in [0.717, 1.165) is 11.6 Å². The number of carbonyl (C=O) groups is 1. The zero-order valence-electron chi connectivity index (χ0n) is 19.2. The minimum absolute atomic E-state index is 0.0484. The minimum atomic E-state index is -1.53. The normalized spacial score (nSPS) is 12.7. The van der Waals surface area contributed by atoms with Crippen LogP contribution in [0, 0.1) is 17.5 Å². The maximum absolute atomic E-state index is 14.2. The summed E-state index contributed by atoms with van der Waals surface area (Å²) in [5.41, 5.74) is 7.99. The summed E-state index contributed by atoms with van der Waals surface area (Å²) in [6.07, 6.45) is 0.148. The van der Waals surface area contributed by atoms with Crippen LogP contribution in [-0.2, 0) is 17.6 Å². The Morgan fingerprint density at radius 3 is 2.33 bits per heavy atom. The highest BCUT2D eigenvalue weighted by molar-refractivity contribution is 5.79. The molecule has 4 rings (SSSR count). The number of carbonyl (C=O) groups excluding carboxylic acids is 1. The molecule has 1 heterocycles. The molecule has 1 aromatic heterocycles. The molecule has 0 spiro atoms. The number of hydrogen-bond donors (Lipinski definition) is 3. The third-order valence-corrected chi connectivity index (χ3v) is 5.70. The molecule has 0 radical (unpaired) electrons. The van der Waals surface area contributed by atoms with Gasteiger partial charge in [0, 0.05) is 23.4 Å². The third-order valence-electron chi connectivity index (χ3n) is 5.70. The SMILES string of the molecule is NC(O)c1cc(-c2cccnc2[C@H](Cc2cc(F)cc(F)c2)NC(=O)Cc2ccccc2)ccc1F. The first-order valence-corrected chi connectivity index (χ1v) is 11.3. The monoisotopic (exact) mass is 491 g/mol. The Hall–Kier alpha value is -4.01. The van der Waals surface area contributed by atoms with Gasteiger partial charge in [0.25, 0.3) is 0 Å². The molecule has 0 aliphatic carbocycles. The van der Waals surface area contributed by atoms with Crippen LogP contribution in [-0.4, -0.2) is 16.0 Å². The van der Waals surface area contributed by atoms with Crippen LogP contribution in [0.1, 0.15) is 34.7 Å². The molecule has 0 bridgehead atoms. The maximum Gasteiger partial charge on any atom is 0.224 e. The lowest BCUT2D eigenvalue weighted by Gasteiger charge is -2.22. The number of halogens is 3. The number of rotatable bonds is 8. The topological polar surface area (TPSA) is 88.2 Å². The molecule has 1 unspecified atom stereocenters. The third kappa shape index (κ3) is 6.16. The fraction of sp³-hybridized carbons (Fsp3) is 0.143. The van der Waals surface area contributed by atoms with Gasteiger partial charge in [0.05, 0.1) is 18.2 Å². The van der Waals surface area contributed by atoms with E-state index in [-0.39, 0.29) is 24.3 Å². The highest BCUT2D eigenvalue weighted by Gasteiger charge is 2.22. The second-order valence-electron chi connectivity index (χ2n) is 8.38. The van der Waals surface area contributed by atoms with Gasteiger partial charge in [0.1, 0.15) is 23.7 Å². The fourth-order valence-electron chi connectivity index (χ4n) is 4.08. The van der Waals surface area contributed by atoms with Gasteiger partial charge in [-0.15, -0.1) is 0 Å². The van der Waals surface area contributed by atoms with E-state index >= 15 is 0 Å². The maximum atomic E-state index is 14.2. The molecule has 0 fully saturated rings. The number of nitrogens with two attached hydrogens (primary N) is 1. The van der Waals surface area contributed by atoms with Gasteiger partial charge in [-0.05, 0) is 53.4 Å². The second kappa shape index (κ2) is 11.2. The minimum Gasteiger partial charge on any atom is -0.374 e. The summed E-state index contributed by atoms with van der Waals surface area (Å²) in [6.45, 7) is 0. The number of aliphatic hydroxyl groups excluding tert-OH is 1. The largest absolute Gasteiger partial charge is 0.374 e. The van der Waals surface area contributed by atoms with Crippen molar-refractivity contribution in [3.8, 4) is 11.1 Å². The van der Waals surface area contributed by atoms with Crippen LogP contribution in [0.4, 0.5) is 13.2 Å². The summed E-state index contributed by atoms with van der Waals surface area (Å²) < 4.78 is 42.0. The molecule has 0 aliphatic heterocycles. The second-order valence-corrected chi connectivity index (χ2v) is 8.38. The highest BCUT2D eigenvalue weighted by atomic mass is 19.1. The lowest BCUT2D eigenvalue weighted by atomic mass is 9.94. The van der Waals surface area contributed by atoms with Gasteiger partial charge in [0.15, 0.2) is 0 Å². The standard InChI is InChI=1S/C28H24F3N3O2/c29-20-11-18(12-21(30)16-20)13-25(34-26(35)14-17-5-2-1-3-6-17)27-22(7-4-10-33-27)19-8-9-24(31)23(15-19)28(32)36/h1-12,15-16,25,28,36H,13-14,32H2,(H,34,35)/t25-,28?/m0/s1. The molecule has 184 valence electrons. The van der Waals surface area contributed by atoms with Crippen molar-refractivity contribution in [3.05, 3.63) is 125 Å². The molecule has 5 nitrogen and oxygen atoms in total. The molecule has 0 aliphatic rings. The van der Waals surface area contributed by atoms with E-state index in [4.69, 9.17) is 5.73 Å². The van der Waals surface area contributed by atoms with Crippen molar-refractivity contribution < 1.29 is 23.1 Å². The summed E-state index contributed by atoms with van der Waals surface area (Å²) >= 11 is 0. The average Bonchev–Trinajstić information content (AvgIpc) is 2.84. The van der Waals surface area contributed by atoms with Crippen LogP contribution in [0.5, 0.6) is 0 Å². The van der Waals surface area contributed by atoms with Crippen molar-refractivity contribution in [2.45, 2.75) is 25.1 Å². The van der Waals surface area contributed by atoms with Crippen LogP contribution in [0.3, 0.4) is 0 Å². The number of hydrogen-bond acceptors (Lipinski definition) is 4. The van der Waals surface area contributed by atoms with E-state index in [1.54, 1.807) is 12.1 Å². The van der Waals surface area contributed by atoms with Crippen LogP contribution >= 0.6 is 0 Å². The molecular weight excluding hydrogens is 467 g/mol. The lowest BCUT2D eigenvalue weighted by molar-refractivity contribution is -0.121. The molecule has 1 amide bonds. The highest BCUT2D eigenvalue weighted by Crippen LogP contribution is 2.31. The Bertz CT molecular complexity index is 1340. The Balaban J connectivity index is 1.73. The number of benzene rings is 3. The lowest BCUT2D eigenvalue weighted by Crippen LogP contribution is -2.32. The molecule has 36 heavy (non-hydrogen) atoms. The Morgan fingerprint density at radius 2 is 1.64 bits per heavy atom. The van der Waals surface area contributed by atoms with Gasteiger partial charge in [-0.2, -0.15) is 0 Å². The van der Waals surface area contributed by atoms with Gasteiger partial charge in [-0.1, -0.05) is 42.5 Å². The number of pyridine rings is 1. The van der Waals surface area contributed by atoms with Crippen molar-refractivity contribution in [1.29, 1.82) is 0 Å². The van der Waals surface area contributed by atoms with Gasteiger partial charge in [-0.25, -0.2) is 13.2 Å². The van der Waals surface area contributed by atoms with E-state index in [2.05, 4.69) is 10.3 Å². The fourth-order valence-corrected chi connectivity index (χ4v) is 4.08. The van der Waals surface area contributed by atoms with Crippen LogP contribution in [0.25, 0.3) is 11.1 Å². The van der Waals surface area contributed by atoms with E-state index in [1.807, 2.05) is 30.3 Å². The van der Waals surface area contributed by atoms with Crippen molar-refractivity contribution in [3.63, 3.8) is 0 Å². The predicted octanol–water partition coefficient (Wildman–Crippen LogP) is 4.76. The molecule has 2 atom stereocenters. The Kier molecular flexibility index (Phi) is 7.77. The van der Waals surface area contributed by atoms with E-state index in [1.165, 1.54) is 36.5 Å². The Morgan fingerprint density at radius 1 is 0.917 bits per heavy atom.